The number of carbonyl (C=O) groups excluding carboxylic acids is 1. The number of piperidine rings is 1. The Hall–Kier alpha value is -1.39. The summed E-state index contributed by atoms with van der Waals surface area (Å²) in [5.74, 6) is 0.149. The number of hydrogen-bond acceptors (Lipinski definition) is 3. The van der Waals surface area contributed by atoms with Gasteiger partial charge in [-0.25, -0.2) is 0 Å². The van der Waals surface area contributed by atoms with Crippen LogP contribution in [0.2, 0.25) is 0 Å². The fourth-order valence-electron chi connectivity index (χ4n) is 3.07. The molecule has 114 valence electrons. The van der Waals surface area contributed by atoms with Gasteiger partial charge in [0.15, 0.2) is 0 Å². The van der Waals surface area contributed by atoms with E-state index in [0.717, 1.165) is 56.7 Å². The Bertz CT molecular complexity index is 489. The van der Waals surface area contributed by atoms with Crippen molar-refractivity contribution in [3.63, 3.8) is 0 Å². The Labute approximate surface area is 126 Å². The second-order valence-corrected chi connectivity index (χ2v) is 5.93. The van der Waals surface area contributed by atoms with Crippen LogP contribution in [0.3, 0.4) is 0 Å². The molecular weight excluding hydrogens is 266 g/mol. The lowest BCUT2D eigenvalue weighted by molar-refractivity contribution is -0.0408. The zero-order valence-corrected chi connectivity index (χ0v) is 12.6. The number of hydrogen-bond donors (Lipinski definition) is 0. The van der Waals surface area contributed by atoms with Crippen LogP contribution in [0.15, 0.2) is 24.3 Å². The largest absolute Gasteiger partial charge is 0.379 e. The van der Waals surface area contributed by atoms with Gasteiger partial charge < -0.3 is 14.4 Å². The van der Waals surface area contributed by atoms with Gasteiger partial charge in [-0.15, -0.1) is 0 Å². The molecule has 4 heteroatoms. The lowest BCUT2D eigenvalue weighted by Gasteiger charge is -2.33. The van der Waals surface area contributed by atoms with Crippen molar-refractivity contribution < 1.29 is 14.3 Å². The molecule has 2 aliphatic heterocycles. The highest BCUT2D eigenvalue weighted by atomic mass is 16.5. The first-order valence-electron chi connectivity index (χ1n) is 7.82. The molecule has 0 spiro atoms. The van der Waals surface area contributed by atoms with Crippen molar-refractivity contribution in [3.8, 4) is 0 Å². The van der Waals surface area contributed by atoms with Gasteiger partial charge in [-0.2, -0.15) is 0 Å². The predicted octanol–water partition coefficient (Wildman–Crippen LogP) is 2.41. The highest BCUT2D eigenvalue weighted by Crippen LogP contribution is 2.21. The second kappa shape index (κ2) is 6.58. The molecule has 2 aliphatic rings. The van der Waals surface area contributed by atoms with Crippen LogP contribution in [0.25, 0.3) is 0 Å². The molecule has 0 N–H and O–H groups in total. The van der Waals surface area contributed by atoms with Crippen LogP contribution >= 0.6 is 0 Å². The minimum Gasteiger partial charge on any atom is -0.379 e. The van der Waals surface area contributed by atoms with Crippen molar-refractivity contribution in [1.82, 2.24) is 4.90 Å². The molecule has 2 fully saturated rings. The molecule has 21 heavy (non-hydrogen) atoms. The molecule has 2 heterocycles. The standard InChI is InChI=1S/C17H23NO3/c1-13-4-2-3-5-16(13)17(19)18-9-6-14(7-10-18)21-15-8-11-20-12-15/h2-5,14-15H,6-12H2,1H3. The topological polar surface area (TPSA) is 38.8 Å². The van der Waals surface area contributed by atoms with Crippen molar-refractivity contribution in [2.45, 2.75) is 38.4 Å². The van der Waals surface area contributed by atoms with E-state index in [1.165, 1.54) is 0 Å². The highest BCUT2D eigenvalue weighted by Gasteiger charge is 2.27. The van der Waals surface area contributed by atoms with Crippen LogP contribution in [0, 0.1) is 6.92 Å². The highest BCUT2D eigenvalue weighted by molar-refractivity contribution is 5.95. The number of aryl methyl sites for hydroxylation is 1. The van der Waals surface area contributed by atoms with Gasteiger partial charge in [-0.3, -0.25) is 4.79 Å². The molecule has 1 aromatic rings. The maximum absolute atomic E-state index is 12.5. The second-order valence-electron chi connectivity index (χ2n) is 5.93. The Balaban J connectivity index is 1.53. The summed E-state index contributed by atoms with van der Waals surface area (Å²) in [5.41, 5.74) is 1.87. The monoisotopic (exact) mass is 289 g/mol. The lowest BCUT2D eigenvalue weighted by atomic mass is 10.0. The molecule has 3 rings (SSSR count). The summed E-state index contributed by atoms with van der Waals surface area (Å²) in [6, 6.07) is 7.80. The Morgan fingerprint density at radius 2 is 1.95 bits per heavy atom. The van der Waals surface area contributed by atoms with Crippen molar-refractivity contribution in [3.05, 3.63) is 35.4 Å². The van der Waals surface area contributed by atoms with Crippen LogP contribution in [-0.2, 0) is 9.47 Å². The molecule has 0 aromatic heterocycles. The number of rotatable bonds is 3. The van der Waals surface area contributed by atoms with E-state index in [1.807, 2.05) is 36.1 Å². The molecule has 1 amide bonds. The van der Waals surface area contributed by atoms with Crippen LogP contribution in [-0.4, -0.2) is 49.3 Å². The summed E-state index contributed by atoms with van der Waals surface area (Å²) < 4.78 is 11.4. The average Bonchev–Trinajstić information content (AvgIpc) is 3.01. The summed E-state index contributed by atoms with van der Waals surface area (Å²) >= 11 is 0. The summed E-state index contributed by atoms with van der Waals surface area (Å²) in [5, 5.41) is 0. The number of benzene rings is 1. The van der Waals surface area contributed by atoms with Gasteiger partial charge in [-0.05, 0) is 37.8 Å². The van der Waals surface area contributed by atoms with Crippen molar-refractivity contribution in [2.75, 3.05) is 26.3 Å². The third kappa shape index (κ3) is 3.44. The smallest absolute Gasteiger partial charge is 0.254 e. The van der Waals surface area contributed by atoms with Gasteiger partial charge in [0.1, 0.15) is 0 Å². The molecule has 1 aromatic carbocycles. The Morgan fingerprint density at radius 1 is 1.19 bits per heavy atom. The summed E-state index contributed by atoms with van der Waals surface area (Å²) in [7, 11) is 0. The van der Waals surface area contributed by atoms with Gasteiger partial charge in [0.25, 0.3) is 5.91 Å². The predicted molar refractivity (Wildman–Crippen MR) is 80.4 cm³/mol. The molecule has 1 atom stereocenters. The maximum Gasteiger partial charge on any atom is 0.254 e. The number of amides is 1. The fourth-order valence-corrected chi connectivity index (χ4v) is 3.07. The molecule has 4 nitrogen and oxygen atoms in total. The number of nitrogens with zero attached hydrogens (tertiary/aromatic N) is 1. The minimum atomic E-state index is 0.149. The summed E-state index contributed by atoms with van der Waals surface area (Å²) in [4.78, 5) is 14.5. The first kappa shape index (κ1) is 14.5. The van der Waals surface area contributed by atoms with E-state index in [2.05, 4.69) is 0 Å². The molecule has 0 bridgehead atoms. The maximum atomic E-state index is 12.5. The molecule has 0 aliphatic carbocycles. The van der Waals surface area contributed by atoms with E-state index in [-0.39, 0.29) is 18.1 Å². The van der Waals surface area contributed by atoms with E-state index in [9.17, 15) is 4.79 Å². The van der Waals surface area contributed by atoms with Crippen molar-refractivity contribution in [1.29, 1.82) is 0 Å². The van der Waals surface area contributed by atoms with Gasteiger partial charge in [0.05, 0.1) is 18.8 Å². The van der Waals surface area contributed by atoms with Gasteiger partial charge in [-0.1, -0.05) is 18.2 Å². The van der Waals surface area contributed by atoms with Crippen LogP contribution in [0.1, 0.15) is 35.2 Å². The van der Waals surface area contributed by atoms with E-state index in [0.29, 0.717) is 0 Å². The summed E-state index contributed by atoms with van der Waals surface area (Å²) in [6.07, 6.45) is 3.39. The SMILES string of the molecule is Cc1ccccc1C(=O)N1CCC(OC2CCOC2)CC1. The normalized spacial score (nSPS) is 23.5. The van der Waals surface area contributed by atoms with Crippen LogP contribution < -0.4 is 0 Å². The quantitative estimate of drug-likeness (QED) is 0.857. The zero-order chi connectivity index (χ0) is 14.7. The van der Waals surface area contributed by atoms with Gasteiger partial charge in [0.2, 0.25) is 0 Å². The number of carbonyl (C=O) groups is 1. The number of likely N-dealkylation sites (tertiary alicyclic amines) is 1. The molecule has 2 saturated heterocycles. The molecule has 1 unspecified atom stereocenters. The lowest BCUT2D eigenvalue weighted by Crippen LogP contribution is -2.42. The molecular formula is C17H23NO3. The van der Waals surface area contributed by atoms with Crippen LogP contribution in [0.4, 0.5) is 0 Å². The zero-order valence-electron chi connectivity index (χ0n) is 12.6. The molecule has 0 saturated carbocycles. The van der Waals surface area contributed by atoms with E-state index < -0.39 is 0 Å². The minimum absolute atomic E-state index is 0.149. The van der Waals surface area contributed by atoms with Crippen LogP contribution in [0.5, 0.6) is 0 Å². The third-order valence-electron chi connectivity index (χ3n) is 4.38. The average molecular weight is 289 g/mol. The third-order valence-corrected chi connectivity index (χ3v) is 4.38. The first-order chi connectivity index (χ1) is 10.2. The number of ether oxygens (including phenoxy) is 2. The fraction of sp³-hybridized carbons (Fsp3) is 0.588. The molecule has 0 radical (unpaired) electrons. The first-order valence-corrected chi connectivity index (χ1v) is 7.82. The van der Waals surface area contributed by atoms with Crippen molar-refractivity contribution in [2.24, 2.45) is 0 Å². The Kier molecular flexibility index (Phi) is 4.56. The van der Waals surface area contributed by atoms with Gasteiger partial charge in [0, 0.05) is 25.3 Å². The Morgan fingerprint density at radius 3 is 2.62 bits per heavy atom. The van der Waals surface area contributed by atoms with E-state index in [1.54, 1.807) is 0 Å². The summed E-state index contributed by atoms with van der Waals surface area (Å²) in [6.45, 7) is 5.09. The van der Waals surface area contributed by atoms with E-state index in [4.69, 9.17) is 9.47 Å². The van der Waals surface area contributed by atoms with Gasteiger partial charge >= 0.3 is 0 Å². The van der Waals surface area contributed by atoms with E-state index >= 15 is 0 Å². The van der Waals surface area contributed by atoms with Crippen molar-refractivity contribution >= 4 is 5.91 Å².